The Hall–Kier alpha value is -3.25. The molecule has 3 aromatic rings. The highest BCUT2D eigenvalue weighted by molar-refractivity contribution is 6.30. The molecule has 26 heavy (non-hydrogen) atoms. The second-order valence-electron chi connectivity index (χ2n) is 5.67. The molecule has 3 rings (SSSR count). The van der Waals surface area contributed by atoms with E-state index in [4.69, 9.17) is 22.4 Å². The van der Waals surface area contributed by atoms with Crippen molar-refractivity contribution in [3.63, 3.8) is 0 Å². The molecule has 0 aliphatic heterocycles. The van der Waals surface area contributed by atoms with E-state index in [1.807, 2.05) is 24.1 Å². The number of nitrogens with two attached hydrogens (primary N) is 1. The fourth-order valence-electron chi connectivity index (χ4n) is 2.56. The van der Waals surface area contributed by atoms with Gasteiger partial charge in [-0.2, -0.15) is 0 Å². The maximum atomic E-state index is 11.1. The van der Waals surface area contributed by atoms with Crippen LogP contribution in [0.2, 0.25) is 5.02 Å². The van der Waals surface area contributed by atoms with Gasteiger partial charge in [-0.25, -0.2) is 9.78 Å². The Labute approximate surface area is 155 Å². The Kier molecular flexibility index (Phi) is 4.69. The summed E-state index contributed by atoms with van der Waals surface area (Å²) in [6.07, 6.45) is 0. The van der Waals surface area contributed by atoms with Crippen molar-refractivity contribution in [2.24, 2.45) is 0 Å². The predicted octanol–water partition coefficient (Wildman–Crippen LogP) is 4.16. The zero-order valence-electron chi connectivity index (χ0n) is 13.8. The van der Waals surface area contributed by atoms with Gasteiger partial charge in [-0.1, -0.05) is 11.6 Å². The maximum absolute atomic E-state index is 11.1. The lowest BCUT2D eigenvalue weighted by atomic mass is 10.1. The first-order valence-corrected chi connectivity index (χ1v) is 8.07. The topological polar surface area (TPSA) is 99.7 Å². The lowest BCUT2D eigenvalue weighted by Crippen LogP contribution is -2.09. The zero-order chi connectivity index (χ0) is 18.8. The standard InChI is InChI=1S/C19H16ClN3O3/c1-23(12-4-2-11(20)3-5-12)13-6-9-17(24)15(10-13)16-8-7-14(19(25)26)18(21)22-16/h2-10,24H,1H3,(H2,21,22)(H,25,26). The summed E-state index contributed by atoms with van der Waals surface area (Å²) in [5, 5.41) is 19.9. The molecule has 0 aliphatic rings. The number of hydrogen-bond acceptors (Lipinski definition) is 5. The first-order chi connectivity index (χ1) is 12.4. The molecular formula is C19H16ClN3O3. The van der Waals surface area contributed by atoms with Crippen molar-refractivity contribution in [2.75, 3.05) is 17.7 Å². The number of halogens is 1. The first kappa shape index (κ1) is 17.6. The van der Waals surface area contributed by atoms with Crippen LogP contribution in [0.25, 0.3) is 11.3 Å². The van der Waals surface area contributed by atoms with Gasteiger partial charge in [0, 0.05) is 29.0 Å². The van der Waals surface area contributed by atoms with Gasteiger partial charge in [0.1, 0.15) is 17.1 Å². The molecule has 0 amide bonds. The van der Waals surface area contributed by atoms with Crippen molar-refractivity contribution in [3.05, 3.63) is 65.2 Å². The fraction of sp³-hybridized carbons (Fsp3) is 0.0526. The number of aromatic hydroxyl groups is 1. The second kappa shape index (κ2) is 6.93. The third-order valence-electron chi connectivity index (χ3n) is 4.01. The van der Waals surface area contributed by atoms with Crippen molar-refractivity contribution in [2.45, 2.75) is 0 Å². The summed E-state index contributed by atoms with van der Waals surface area (Å²) in [6.45, 7) is 0. The molecule has 0 fully saturated rings. The van der Waals surface area contributed by atoms with E-state index in [1.165, 1.54) is 12.1 Å². The molecule has 6 nitrogen and oxygen atoms in total. The molecule has 0 unspecified atom stereocenters. The molecule has 0 bridgehead atoms. The Bertz CT molecular complexity index is 974. The highest BCUT2D eigenvalue weighted by Gasteiger charge is 2.14. The Morgan fingerprint density at radius 2 is 1.73 bits per heavy atom. The van der Waals surface area contributed by atoms with Crippen LogP contribution >= 0.6 is 11.6 Å². The van der Waals surface area contributed by atoms with Crippen LogP contribution in [0.5, 0.6) is 5.75 Å². The largest absolute Gasteiger partial charge is 0.507 e. The number of hydrogen-bond donors (Lipinski definition) is 3. The molecule has 0 saturated heterocycles. The molecule has 0 spiro atoms. The number of benzene rings is 2. The number of anilines is 3. The van der Waals surface area contributed by atoms with Crippen LogP contribution in [0.1, 0.15) is 10.4 Å². The van der Waals surface area contributed by atoms with E-state index in [9.17, 15) is 9.90 Å². The smallest absolute Gasteiger partial charge is 0.339 e. The van der Waals surface area contributed by atoms with Crippen LogP contribution in [0, 0.1) is 0 Å². The van der Waals surface area contributed by atoms with Gasteiger partial charge in [0.2, 0.25) is 0 Å². The molecule has 7 heteroatoms. The summed E-state index contributed by atoms with van der Waals surface area (Å²) in [5.41, 5.74) is 8.20. The predicted molar refractivity (Wildman–Crippen MR) is 102 cm³/mol. The van der Waals surface area contributed by atoms with Crippen molar-refractivity contribution >= 4 is 34.8 Å². The molecule has 0 saturated carbocycles. The van der Waals surface area contributed by atoms with Gasteiger partial charge in [-0.3, -0.25) is 0 Å². The number of phenols is 1. The van der Waals surface area contributed by atoms with E-state index in [0.717, 1.165) is 11.4 Å². The fourth-order valence-corrected chi connectivity index (χ4v) is 2.68. The van der Waals surface area contributed by atoms with Gasteiger partial charge in [-0.15, -0.1) is 0 Å². The van der Waals surface area contributed by atoms with Crippen LogP contribution in [-0.2, 0) is 0 Å². The van der Waals surface area contributed by atoms with E-state index in [1.54, 1.807) is 30.3 Å². The number of aromatic carboxylic acids is 1. The monoisotopic (exact) mass is 369 g/mol. The summed E-state index contributed by atoms with van der Waals surface area (Å²) in [5.74, 6) is -1.24. The second-order valence-corrected chi connectivity index (χ2v) is 6.11. The van der Waals surface area contributed by atoms with E-state index in [2.05, 4.69) is 4.98 Å². The number of phenolic OH excluding ortho intramolecular Hbond substituents is 1. The average molecular weight is 370 g/mol. The average Bonchev–Trinajstić information content (AvgIpc) is 2.62. The molecule has 0 aliphatic carbocycles. The Balaban J connectivity index is 2.01. The molecule has 0 radical (unpaired) electrons. The van der Waals surface area contributed by atoms with Crippen molar-refractivity contribution in [1.29, 1.82) is 0 Å². The van der Waals surface area contributed by atoms with Gasteiger partial charge in [0.05, 0.1) is 5.69 Å². The molecule has 1 heterocycles. The zero-order valence-corrected chi connectivity index (χ0v) is 14.6. The summed E-state index contributed by atoms with van der Waals surface area (Å²) in [7, 11) is 1.88. The van der Waals surface area contributed by atoms with Crippen LogP contribution in [0.4, 0.5) is 17.2 Å². The van der Waals surface area contributed by atoms with Gasteiger partial charge >= 0.3 is 5.97 Å². The minimum atomic E-state index is -1.15. The highest BCUT2D eigenvalue weighted by Crippen LogP contribution is 2.34. The van der Waals surface area contributed by atoms with Gasteiger partial charge in [0.25, 0.3) is 0 Å². The number of nitrogens with zero attached hydrogens (tertiary/aromatic N) is 2. The van der Waals surface area contributed by atoms with Crippen LogP contribution < -0.4 is 10.6 Å². The number of carboxylic acids is 1. The minimum Gasteiger partial charge on any atom is -0.507 e. The van der Waals surface area contributed by atoms with Gasteiger partial charge < -0.3 is 20.8 Å². The quantitative estimate of drug-likeness (QED) is 0.638. The van der Waals surface area contributed by atoms with E-state index in [-0.39, 0.29) is 17.1 Å². The van der Waals surface area contributed by atoms with Crippen LogP contribution in [-0.4, -0.2) is 28.2 Å². The number of pyridine rings is 1. The van der Waals surface area contributed by atoms with Crippen LogP contribution in [0.3, 0.4) is 0 Å². The normalized spacial score (nSPS) is 10.5. The molecule has 1 aromatic heterocycles. The molecular weight excluding hydrogens is 354 g/mol. The number of nitrogen functional groups attached to an aromatic ring is 1. The SMILES string of the molecule is CN(c1ccc(Cl)cc1)c1ccc(O)c(-c2ccc(C(=O)O)c(N)n2)c1. The van der Waals surface area contributed by atoms with Crippen molar-refractivity contribution in [1.82, 2.24) is 4.98 Å². The molecule has 132 valence electrons. The van der Waals surface area contributed by atoms with E-state index >= 15 is 0 Å². The van der Waals surface area contributed by atoms with E-state index in [0.29, 0.717) is 16.3 Å². The molecule has 4 N–H and O–H groups in total. The maximum Gasteiger partial charge on any atom is 0.339 e. The molecule has 2 aromatic carbocycles. The Morgan fingerprint density at radius 1 is 1.08 bits per heavy atom. The molecule has 0 atom stereocenters. The summed E-state index contributed by atoms with van der Waals surface area (Å²) in [4.78, 5) is 17.1. The van der Waals surface area contributed by atoms with Crippen LogP contribution in [0.15, 0.2) is 54.6 Å². The van der Waals surface area contributed by atoms with Crippen molar-refractivity contribution < 1.29 is 15.0 Å². The number of aromatic nitrogens is 1. The number of carboxylic acid groups (broad SMARTS) is 1. The summed E-state index contributed by atoms with van der Waals surface area (Å²) >= 11 is 5.92. The van der Waals surface area contributed by atoms with Crippen molar-refractivity contribution in [3.8, 4) is 17.0 Å². The number of carbonyl (C=O) groups is 1. The lowest BCUT2D eigenvalue weighted by molar-refractivity contribution is 0.0697. The Morgan fingerprint density at radius 3 is 2.35 bits per heavy atom. The number of rotatable bonds is 4. The first-order valence-electron chi connectivity index (χ1n) is 7.69. The third-order valence-corrected chi connectivity index (χ3v) is 4.26. The third kappa shape index (κ3) is 3.41. The summed E-state index contributed by atoms with van der Waals surface area (Å²) in [6, 6.07) is 15.3. The summed E-state index contributed by atoms with van der Waals surface area (Å²) < 4.78 is 0. The van der Waals surface area contributed by atoms with Gasteiger partial charge in [-0.05, 0) is 54.6 Å². The minimum absolute atomic E-state index is 0.0215. The highest BCUT2D eigenvalue weighted by atomic mass is 35.5. The lowest BCUT2D eigenvalue weighted by Gasteiger charge is -2.21. The van der Waals surface area contributed by atoms with Gasteiger partial charge in [0.15, 0.2) is 0 Å². The van der Waals surface area contributed by atoms with E-state index < -0.39 is 5.97 Å².